The van der Waals surface area contributed by atoms with E-state index in [9.17, 15) is 8.78 Å². The third kappa shape index (κ3) is 2.95. The molecule has 0 fully saturated rings. The van der Waals surface area contributed by atoms with Crippen LogP contribution < -0.4 is 5.73 Å². The van der Waals surface area contributed by atoms with Crippen molar-refractivity contribution in [3.05, 3.63) is 71.3 Å². The quantitative estimate of drug-likeness (QED) is 0.900. The molecule has 21 heavy (non-hydrogen) atoms. The third-order valence-corrected chi connectivity index (χ3v) is 3.71. The molecule has 0 saturated heterocycles. The van der Waals surface area contributed by atoms with Crippen molar-refractivity contribution in [2.45, 2.75) is 25.6 Å². The standard InChI is InChI=1S/C17H18F3N/c1-11(2)16(21)17(20,12-3-7-14(18)8-4-12)13-5-9-15(19)10-6-13/h3-11,16H,21H2,1-2H3/t16-/m1/s1. The van der Waals surface area contributed by atoms with Crippen molar-refractivity contribution in [2.75, 3.05) is 0 Å². The fourth-order valence-corrected chi connectivity index (χ4v) is 2.40. The van der Waals surface area contributed by atoms with E-state index < -0.39 is 23.3 Å². The van der Waals surface area contributed by atoms with Crippen molar-refractivity contribution in [3.63, 3.8) is 0 Å². The molecule has 0 aliphatic carbocycles. The summed E-state index contributed by atoms with van der Waals surface area (Å²) in [6.07, 6.45) is 0. The van der Waals surface area contributed by atoms with Crippen LogP contribution in [-0.2, 0) is 5.67 Å². The van der Waals surface area contributed by atoms with Gasteiger partial charge >= 0.3 is 0 Å². The number of hydrogen-bond acceptors (Lipinski definition) is 1. The molecule has 0 radical (unpaired) electrons. The number of rotatable bonds is 4. The van der Waals surface area contributed by atoms with E-state index in [1.165, 1.54) is 48.5 Å². The summed E-state index contributed by atoms with van der Waals surface area (Å²) in [6, 6.07) is 9.44. The van der Waals surface area contributed by atoms with Crippen molar-refractivity contribution in [1.82, 2.24) is 0 Å². The van der Waals surface area contributed by atoms with Crippen LogP contribution >= 0.6 is 0 Å². The summed E-state index contributed by atoms with van der Waals surface area (Å²) in [7, 11) is 0. The average molecular weight is 293 g/mol. The van der Waals surface area contributed by atoms with Gasteiger partial charge in [0.2, 0.25) is 0 Å². The molecule has 0 heterocycles. The van der Waals surface area contributed by atoms with Crippen molar-refractivity contribution >= 4 is 0 Å². The molecule has 2 aromatic rings. The zero-order valence-corrected chi connectivity index (χ0v) is 12.0. The van der Waals surface area contributed by atoms with Crippen LogP contribution in [0.1, 0.15) is 25.0 Å². The molecule has 112 valence electrons. The fourth-order valence-electron chi connectivity index (χ4n) is 2.40. The van der Waals surface area contributed by atoms with Gasteiger partial charge in [0.05, 0.1) is 0 Å². The number of alkyl halides is 1. The van der Waals surface area contributed by atoms with Crippen molar-refractivity contribution in [1.29, 1.82) is 0 Å². The highest BCUT2D eigenvalue weighted by molar-refractivity contribution is 5.38. The molecule has 0 saturated carbocycles. The molecule has 2 rings (SSSR count). The van der Waals surface area contributed by atoms with Crippen LogP contribution in [0.5, 0.6) is 0 Å². The zero-order valence-electron chi connectivity index (χ0n) is 12.0. The fraction of sp³-hybridized carbons (Fsp3) is 0.294. The summed E-state index contributed by atoms with van der Waals surface area (Å²) in [6.45, 7) is 3.62. The predicted molar refractivity (Wildman–Crippen MR) is 77.5 cm³/mol. The van der Waals surface area contributed by atoms with Gasteiger partial charge in [0.15, 0.2) is 5.67 Å². The molecule has 0 aliphatic rings. The first-order valence-electron chi connectivity index (χ1n) is 6.82. The Balaban J connectivity index is 2.58. The van der Waals surface area contributed by atoms with Gasteiger partial charge in [-0.1, -0.05) is 38.1 Å². The molecule has 4 heteroatoms. The summed E-state index contributed by atoms with van der Waals surface area (Å²) in [5, 5.41) is 0. The first-order valence-corrected chi connectivity index (χ1v) is 6.82. The van der Waals surface area contributed by atoms with E-state index >= 15 is 4.39 Å². The SMILES string of the molecule is CC(C)[C@@H](N)C(F)(c1ccc(F)cc1)c1ccc(F)cc1. The highest BCUT2D eigenvalue weighted by Gasteiger charge is 2.42. The number of halogens is 3. The third-order valence-electron chi connectivity index (χ3n) is 3.71. The van der Waals surface area contributed by atoms with E-state index in [1.54, 1.807) is 0 Å². The van der Waals surface area contributed by atoms with Crippen molar-refractivity contribution in [3.8, 4) is 0 Å². The Morgan fingerprint density at radius 3 is 1.43 bits per heavy atom. The van der Waals surface area contributed by atoms with E-state index in [1.807, 2.05) is 13.8 Å². The van der Waals surface area contributed by atoms with Crippen LogP contribution in [0.25, 0.3) is 0 Å². The first kappa shape index (κ1) is 15.6. The molecule has 0 spiro atoms. The highest BCUT2D eigenvalue weighted by Crippen LogP contribution is 2.39. The minimum absolute atomic E-state index is 0.148. The van der Waals surface area contributed by atoms with Gasteiger partial charge in [-0.15, -0.1) is 0 Å². The van der Waals surface area contributed by atoms with E-state index in [4.69, 9.17) is 5.73 Å². The monoisotopic (exact) mass is 293 g/mol. The number of nitrogens with two attached hydrogens (primary N) is 1. The maximum atomic E-state index is 15.8. The van der Waals surface area contributed by atoms with Crippen LogP contribution in [0.2, 0.25) is 0 Å². The lowest BCUT2D eigenvalue weighted by atomic mass is 9.78. The largest absolute Gasteiger partial charge is 0.324 e. The van der Waals surface area contributed by atoms with Crippen LogP contribution in [0.4, 0.5) is 13.2 Å². The lowest BCUT2D eigenvalue weighted by Crippen LogP contribution is -2.46. The Morgan fingerprint density at radius 1 is 0.810 bits per heavy atom. The van der Waals surface area contributed by atoms with Gasteiger partial charge in [-0.05, 0) is 41.3 Å². The lowest BCUT2D eigenvalue weighted by molar-refractivity contribution is 0.146. The van der Waals surface area contributed by atoms with Gasteiger partial charge in [-0.2, -0.15) is 0 Å². The number of hydrogen-bond donors (Lipinski definition) is 1. The molecule has 2 N–H and O–H groups in total. The van der Waals surface area contributed by atoms with Crippen molar-refractivity contribution in [2.24, 2.45) is 11.7 Å². The summed E-state index contributed by atoms with van der Waals surface area (Å²) in [4.78, 5) is 0. The Kier molecular flexibility index (Phi) is 4.37. The van der Waals surface area contributed by atoms with Gasteiger partial charge in [0.1, 0.15) is 11.6 Å². The molecule has 0 aliphatic heterocycles. The van der Waals surface area contributed by atoms with Crippen LogP contribution in [-0.4, -0.2) is 6.04 Å². The Bertz CT molecular complexity index is 545. The second kappa shape index (κ2) is 5.90. The molecule has 1 atom stereocenters. The Labute approximate surface area is 122 Å². The Hall–Kier alpha value is -1.81. The smallest absolute Gasteiger partial charge is 0.176 e. The maximum absolute atomic E-state index is 15.8. The van der Waals surface area contributed by atoms with Gasteiger partial charge in [0, 0.05) is 6.04 Å². The van der Waals surface area contributed by atoms with Crippen molar-refractivity contribution < 1.29 is 13.2 Å². The molecule has 0 aromatic heterocycles. The Morgan fingerprint density at radius 2 is 1.14 bits per heavy atom. The topological polar surface area (TPSA) is 26.0 Å². The minimum Gasteiger partial charge on any atom is -0.324 e. The van der Waals surface area contributed by atoms with Gasteiger partial charge in [-0.3, -0.25) is 0 Å². The van der Waals surface area contributed by atoms with Crippen LogP contribution in [0.3, 0.4) is 0 Å². The second-order valence-corrected chi connectivity index (χ2v) is 5.50. The van der Waals surface area contributed by atoms with E-state index in [0.29, 0.717) is 0 Å². The van der Waals surface area contributed by atoms with E-state index in [2.05, 4.69) is 0 Å². The van der Waals surface area contributed by atoms with Gasteiger partial charge < -0.3 is 5.73 Å². The zero-order chi connectivity index (χ0) is 15.6. The number of benzene rings is 2. The summed E-state index contributed by atoms with van der Waals surface area (Å²) in [5.41, 5.74) is 4.59. The van der Waals surface area contributed by atoms with Crippen LogP contribution in [0, 0.1) is 17.6 Å². The summed E-state index contributed by atoms with van der Waals surface area (Å²) in [5.74, 6) is -1.04. The molecular weight excluding hydrogens is 275 g/mol. The molecule has 0 bridgehead atoms. The molecular formula is C17H18F3N. The van der Waals surface area contributed by atoms with Crippen LogP contribution in [0.15, 0.2) is 48.5 Å². The summed E-state index contributed by atoms with van der Waals surface area (Å²) >= 11 is 0. The maximum Gasteiger partial charge on any atom is 0.176 e. The average Bonchev–Trinajstić information content (AvgIpc) is 2.47. The molecule has 1 nitrogen and oxygen atoms in total. The minimum atomic E-state index is -2.00. The van der Waals surface area contributed by atoms with E-state index in [-0.39, 0.29) is 17.0 Å². The van der Waals surface area contributed by atoms with Gasteiger partial charge in [0.25, 0.3) is 0 Å². The molecule has 0 unspecified atom stereocenters. The normalized spacial score (nSPS) is 13.5. The summed E-state index contributed by atoms with van der Waals surface area (Å²) < 4.78 is 42.0. The molecule has 2 aromatic carbocycles. The first-order chi connectivity index (χ1) is 9.85. The highest BCUT2D eigenvalue weighted by atomic mass is 19.1. The second-order valence-electron chi connectivity index (χ2n) is 5.50. The van der Waals surface area contributed by atoms with Gasteiger partial charge in [-0.25, -0.2) is 13.2 Å². The molecule has 0 amide bonds. The van der Waals surface area contributed by atoms with E-state index in [0.717, 1.165) is 0 Å². The lowest BCUT2D eigenvalue weighted by Gasteiger charge is -2.34. The predicted octanol–water partition coefficient (Wildman–Crippen LogP) is 4.16.